The van der Waals surface area contributed by atoms with Crippen LogP contribution in [0, 0.1) is 6.92 Å². The third-order valence-corrected chi connectivity index (χ3v) is 3.32. The Kier molecular flexibility index (Phi) is 4.70. The lowest BCUT2D eigenvalue weighted by Crippen LogP contribution is -2.37. The molecule has 0 aliphatic rings. The minimum absolute atomic E-state index is 0.309. The molecule has 0 saturated carbocycles. The predicted octanol–water partition coefficient (Wildman–Crippen LogP) is 2.34. The van der Waals surface area contributed by atoms with Gasteiger partial charge in [-0.2, -0.15) is 0 Å². The summed E-state index contributed by atoms with van der Waals surface area (Å²) in [6, 6.07) is 7.23. The fourth-order valence-corrected chi connectivity index (χ4v) is 2.21. The zero-order chi connectivity index (χ0) is 15.4. The Labute approximate surface area is 123 Å². The van der Waals surface area contributed by atoms with Crippen LogP contribution in [0.3, 0.4) is 0 Å². The summed E-state index contributed by atoms with van der Waals surface area (Å²) in [5.74, 6) is 0.0117. The van der Waals surface area contributed by atoms with Crippen LogP contribution in [0.5, 0.6) is 0 Å². The number of rotatable bonds is 6. The zero-order valence-corrected chi connectivity index (χ0v) is 12.4. The first-order valence-electron chi connectivity index (χ1n) is 6.83. The van der Waals surface area contributed by atoms with E-state index in [0.29, 0.717) is 24.7 Å². The maximum atomic E-state index is 11.1. The highest BCUT2D eigenvalue weighted by Gasteiger charge is 2.22. The largest absolute Gasteiger partial charge is 0.480 e. The molecule has 1 N–H and O–H groups in total. The van der Waals surface area contributed by atoms with Crippen molar-refractivity contribution in [3.05, 3.63) is 35.7 Å². The van der Waals surface area contributed by atoms with Gasteiger partial charge in [-0.15, -0.1) is 10.2 Å². The lowest BCUT2D eigenvalue weighted by molar-refractivity contribution is -0.143. The third kappa shape index (κ3) is 3.66. The minimum atomic E-state index is -0.849. The Morgan fingerprint density at radius 1 is 1.43 bits per heavy atom. The van der Waals surface area contributed by atoms with Crippen molar-refractivity contribution < 1.29 is 14.3 Å². The molecule has 0 amide bonds. The van der Waals surface area contributed by atoms with Gasteiger partial charge in [0.1, 0.15) is 6.04 Å². The maximum Gasteiger partial charge on any atom is 0.320 e. The van der Waals surface area contributed by atoms with Gasteiger partial charge in [0.2, 0.25) is 11.8 Å². The molecule has 0 aliphatic carbocycles. The van der Waals surface area contributed by atoms with E-state index < -0.39 is 12.0 Å². The lowest BCUT2D eigenvalue weighted by atomic mass is 10.1. The van der Waals surface area contributed by atoms with Crippen molar-refractivity contribution in [2.24, 2.45) is 0 Å². The number of aryl methyl sites for hydroxylation is 1. The van der Waals surface area contributed by atoms with E-state index in [0.717, 1.165) is 11.1 Å². The molecule has 1 heterocycles. The molecule has 0 saturated heterocycles. The van der Waals surface area contributed by atoms with Gasteiger partial charge < -0.3 is 9.52 Å². The Morgan fingerprint density at radius 3 is 2.81 bits per heavy atom. The summed E-state index contributed by atoms with van der Waals surface area (Å²) in [4.78, 5) is 12.8. The van der Waals surface area contributed by atoms with E-state index in [9.17, 15) is 4.79 Å². The second kappa shape index (κ2) is 6.49. The number of benzene rings is 1. The first-order valence-corrected chi connectivity index (χ1v) is 6.83. The third-order valence-electron chi connectivity index (χ3n) is 3.32. The van der Waals surface area contributed by atoms with Crippen molar-refractivity contribution >= 4 is 5.97 Å². The standard InChI is InChI=1S/C15H19N3O3/c1-4-12(15(19)20)18(3)9-13-16-17-14(21-13)11-7-5-6-10(2)8-11/h5-8,12H,4,9H2,1-3H3,(H,19,20). The van der Waals surface area contributed by atoms with E-state index in [1.807, 2.05) is 38.1 Å². The molecule has 1 aromatic heterocycles. The number of aromatic nitrogens is 2. The van der Waals surface area contributed by atoms with Gasteiger partial charge in [-0.1, -0.05) is 24.6 Å². The molecule has 2 aromatic rings. The molecule has 6 heteroatoms. The summed E-state index contributed by atoms with van der Waals surface area (Å²) in [7, 11) is 1.73. The van der Waals surface area contributed by atoms with Gasteiger partial charge in [-0.05, 0) is 32.5 Å². The molecule has 1 aromatic carbocycles. The van der Waals surface area contributed by atoms with Crippen LogP contribution in [0.25, 0.3) is 11.5 Å². The number of likely N-dealkylation sites (N-methyl/N-ethyl adjacent to an activating group) is 1. The van der Waals surface area contributed by atoms with Crippen LogP contribution < -0.4 is 0 Å². The molecular weight excluding hydrogens is 270 g/mol. The van der Waals surface area contributed by atoms with Crippen molar-refractivity contribution in [3.63, 3.8) is 0 Å². The van der Waals surface area contributed by atoms with E-state index in [2.05, 4.69) is 10.2 Å². The Hall–Kier alpha value is -2.21. The van der Waals surface area contributed by atoms with Crippen molar-refractivity contribution in [3.8, 4) is 11.5 Å². The molecule has 1 unspecified atom stereocenters. The predicted molar refractivity (Wildman–Crippen MR) is 77.7 cm³/mol. The first kappa shape index (κ1) is 15.2. The van der Waals surface area contributed by atoms with Crippen LogP contribution >= 0.6 is 0 Å². The van der Waals surface area contributed by atoms with Crippen LogP contribution in [-0.4, -0.2) is 39.3 Å². The topological polar surface area (TPSA) is 79.5 Å². The fraction of sp³-hybridized carbons (Fsp3) is 0.400. The van der Waals surface area contributed by atoms with Gasteiger partial charge in [-0.25, -0.2) is 0 Å². The molecule has 2 rings (SSSR count). The molecule has 0 bridgehead atoms. The Balaban J connectivity index is 2.12. The fourth-order valence-electron chi connectivity index (χ4n) is 2.21. The van der Waals surface area contributed by atoms with Gasteiger partial charge in [0.25, 0.3) is 0 Å². The quantitative estimate of drug-likeness (QED) is 0.879. The van der Waals surface area contributed by atoms with Gasteiger partial charge in [0.05, 0.1) is 6.54 Å². The van der Waals surface area contributed by atoms with Gasteiger partial charge >= 0.3 is 5.97 Å². The van der Waals surface area contributed by atoms with E-state index in [1.165, 1.54) is 0 Å². The second-order valence-corrected chi connectivity index (χ2v) is 5.05. The summed E-state index contributed by atoms with van der Waals surface area (Å²) in [6.07, 6.45) is 0.519. The molecule has 0 aliphatic heterocycles. The molecule has 0 spiro atoms. The highest BCUT2D eigenvalue weighted by atomic mass is 16.4. The lowest BCUT2D eigenvalue weighted by Gasteiger charge is -2.21. The Morgan fingerprint density at radius 2 is 2.19 bits per heavy atom. The number of carboxylic acid groups (broad SMARTS) is 1. The molecule has 112 valence electrons. The van der Waals surface area contributed by atoms with Crippen molar-refractivity contribution in [2.75, 3.05) is 7.05 Å². The summed E-state index contributed by atoms with van der Waals surface area (Å²) < 4.78 is 5.61. The zero-order valence-electron chi connectivity index (χ0n) is 12.4. The highest BCUT2D eigenvalue weighted by Crippen LogP contribution is 2.19. The molecule has 21 heavy (non-hydrogen) atoms. The summed E-state index contributed by atoms with van der Waals surface area (Å²) in [6.45, 7) is 4.14. The molecule has 6 nitrogen and oxygen atoms in total. The first-order chi connectivity index (χ1) is 10.0. The molecular formula is C15H19N3O3. The number of nitrogens with zero attached hydrogens (tertiary/aromatic N) is 3. The molecule has 0 radical (unpaired) electrons. The van der Waals surface area contributed by atoms with Gasteiger partial charge in [-0.3, -0.25) is 9.69 Å². The van der Waals surface area contributed by atoms with E-state index in [1.54, 1.807) is 11.9 Å². The Bertz CT molecular complexity index is 624. The van der Waals surface area contributed by atoms with Crippen LogP contribution in [0.2, 0.25) is 0 Å². The second-order valence-electron chi connectivity index (χ2n) is 5.05. The number of hydrogen-bond acceptors (Lipinski definition) is 5. The number of carbonyl (C=O) groups is 1. The van der Waals surface area contributed by atoms with Crippen molar-refractivity contribution in [2.45, 2.75) is 32.9 Å². The minimum Gasteiger partial charge on any atom is -0.480 e. The molecule has 0 fully saturated rings. The van der Waals surface area contributed by atoms with Crippen LogP contribution in [0.4, 0.5) is 0 Å². The van der Waals surface area contributed by atoms with Crippen LogP contribution in [-0.2, 0) is 11.3 Å². The summed E-state index contributed by atoms with van der Waals surface area (Å²) in [5.41, 5.74) is 1.97. The molecule has 1 atom stereocenters. The van der Waals surface area contributed by atoms with Crippen LogP contribution in [0.15, 0.2) is 28.7 Å². The van der Waals surface area contributed by atoms with Gasteiger partial charge in [0.15, 0.2) is 0 Å². The number of aliphatic carboxylic acids is 1. The van der Waals surface area contributed by atoms with Crippen molar-refractivity contribution in [1.29, 1.82) is 0 Å². The summed E-state index contributed by atoms with van der Waals surface area (Å²) >= 11 is 0. The number of hydrogen-bond donors (Lipinski definition) is 1. The van der Waals surface area contributed by atoms with Gasteiger partial charge in [0, 0.05) is 5.56 Å². The highest BCUT2D eigenvalue weighted by molar-refractivity contribution is 5.73. The van der Waals surface area contributed by atoms with E-state index in [4.69, 9.17) is 9.52 Å². The maximum absolute atomic E-state index is 11.1. The van der Waals surface area contributed by atoms with Crippen LogP contribution in [0.1, 0.15) is 24.8 Å². The summed E-state index contributed by atoms with van der Waals surface area (Å²) in [5, 5.41) is 17.1. The van der Waals surface area contributed by atoms with Crippen molar-refractivity contribution in [1.82, 2.24) is 15.1 Å². The smallest absolute Gasteiger partial charge is 0.320 e. The normalized spacial score (nSPS) is 12.6. The average molecular weight is 289 g/mol. The average Bonchev–Trinajstić information content (AvgIpc) is 2.87. The van der Waals surface area contributed by atoms with E-state index in [-0.39, 0.29) is 0 Å². The monoisotopic (exact) mass is 289 g/mol. The SMILES string of the molecule is CCC(C(=O)O)N(C)Cc1nnc(-c2cccc(C)c2)o1. The number of carboxylic acids is 1. The van der Waals surface area contributed by atoms with E-state index >= 15 is 0 Å².